The molecule has 2 aromatic heterocycles. The van der Waals surface area contributed by atoms with Crippen molar-refractivity contribution in [1.82, 2.24) is 41.2 Å². The first-order valence-corrected chi connectivity index (χ1v) is 37.3. The molecule has 0 spiro atoms. The number of carbonyl (C=O) groups is 2. The summed E-state index contributed by atoms with van der Waals surface area (Å²) in [7, 11) is 0. The lowest BCUT2D eigenvalue weighted by atomic mass is 9.76. The molecule has 4 heterocycles. The van der Waals surface area contributed by atoms with Gasteiger partial charge in [-0.2, -0.15) is 30.6 Å². The predicted octanol–water partition coefficient (Wildman–Crippen LogP) is 15.3. The lowest BCUT2D eigenvalue weighted by molar-refractivity contribution is 0.0733. The molecule has 6 aromatic carbocycles. The minimum Gasteiger partial charge on any atom is -0.446 e. The number of amides is 2. The number of aromatic nitrogens is 6. The molecule has 104 heavy (non-hydrogen) atoms. The van der Waals surface area contributed by atoms with Crippen LogP contribution in [0.25, 0.3) is 22.6 Å². The van der Waals surface area contributed by atoms with E-state index in [0.29, 0.717) is 56.9 Å². The van der Waals surface area contributed by atoms with Crippen LogP contribution in [0, 0.1) is 17.8 Å². The molecule has 2 aliphatic heterocycles. The van der Waals surface area contributed by atoms with Crippen LogP contribution in [-0.4, -0.2) is 78.8 Å². The Morgan fingerprint density at radius 3 is 1.64 bits per heavy atom. The van der Waals surface area contributed by atoms with Gasteiger partial charge in [-0.3, -0.25) is 0 Å². The standard InChI is InChI=1S/C25H30N4O2.2C17H21N3.C16H21NO2.C9H9N5/c26-15-18-10-12-20(13-11-18)24-23-14-22(9-5-4-8-21(23)17-28-29-24)31-25(30)27-16-19-6-2-1-3-7-19;2*18-11-13-7-9-14(10-8-13)17-16-6-4-2-1-3-5-15(16)12-19-20-17;18-16(17-13-14-9-5-4-6-10-14)19-15-11-7-2-1-3-8-12-15;10-5-7-1-3-8(4-2-7)9-13-11-6-12-14-9/h1-3,6-7,10-13,17,21-23H,4-5,8-9,14-16,26H2,(H,27,30);7-10,12H,1-6,11,18H2;6-10,12,15H,1-5,11,18H2;4-7,9-11,15H,1-3,8,12-13H2,(H,17,18);1-4,6H,5,10H2/b;;;11-7+;. The van der Waals surface area contributed by atoms with E-state index in [2.05, 4.69) is 134 Å². The Hall–Kier alpha value is -10.1. The van der Waals surface area contributed by atoms with Crippen molar-refractivity contribution in [2.45, 2.75) is 186 Å². The van der Waals surface area contributed by atoms with Crippen LogP contribution >= 0.6 is 0 Å². The molecule has 1 fully saturated rings. The molecular weight excluding hydrogens is 1300 g/mol. The third-order valence-corrected chi connectivity index (χ3v) is 19.5. The molecule has 5 atom stereocenters. The molecule has 6 aliphatic rings. The lowest BCUT2D eigenvalue weighted by Crippen LogP contribution is -2.36. The molecule has 542 valence electrons. The largest absolute Gasteiger partial charge is 0.446 e. The summed E-state index contributed by atoms with van der Waals surface area (Å²) in [5.74, 6) is 1.47. The molecule has 5 unspecified atom stereocenters. The van der Waals surface area contributed by atoms with Crippen LogP contribution in [0.5, 0.6) is 0 Å². The third kappa shape index (κ3) is 24.3. The number of nitrogens with zero attached hydrogens (tertiary/aromatic N) is 10. The maximum Gasteiger partial charge on any atom is 0.407 e. The number of nitrogens with two attached hydrogens (primary N) is 4. The minimum atomic E-state index is -0.360. The number of hydrogen-bond donors (Lipinski definition) is 6. The molecule has 4 aliphatic carbocycles. The number of ether oxygens (including phenoxy) is 2. The first-order chi connectivity index (χ1) is 51.2. The van der Waals surface area contributed by atoms with Gasteiger partial charge in [0.05, 0.1) is 23.3 Å². The first-order valence-electron chi connectivity index (χ1n) is 37.3. The van der Waals surface area contributed by atoms with Crippen LogP contribution in [0.15, 0.2) is 214 Å². The van der Waals surface area contributed by atoms with Gasteiger partial charge in [0, 0.05) is 86.1 Å². The fourth-order valence-electron chi connectivity index (χ4n) is 13.6. The summed E-state index contributed by atoms with van der Waals surface area (Å²) in [6.45, 7) is 3.19. The topological polar surface area (TPSA) is 308 Å². The molecule has 1 saturated carbocycles. The highest BCUT2D eigenvalue weighted by Gasteiger charge is 2.34. The van der Waals surface area contributed by atoms with E-state index in [1.165, 1.54) is 87.2 Å². The summed E-state index contributed by atoms with van der Waals surface area (Å²) >= 11 is 0. The van der Waals surface area contributed by atoms with Crippen LogP contribution < -0.4 is 33.6 Å². The number of allylic oxidation sites excluding steroid dienone is 3. The molecule has 10 N–H and O–H groups in total. The summed E-state index contributed by atoms with van der Waals surface area (Å²) in [6, 6.07) is 52.4. The average Bonchev–Trinajstić information content (AvgIpc) is 0.819. The number of alkyl carbamates (subject to hydrolysis) is 2. The van der Waals surface area contributed by atoms with Gasteiger partial charge in [0.2, 0.25) is 5.82 Å². The highest BCUT2D eigenvalue weighted by Crippen LogP contribution is 2.35. The highest BCUT2D eigenvalue weighted by atomic mass is 16.6. The number of carbonyl (C=O) groups excluding carboxylic acids is 2. The predicted molar refractivity (Wildman–Crippen MR) is 415 cm³/mol. The van der Waals surface area contributed by atoms with E-state index in [9.17, 15) is 9.59 Å². The smallest absolute Gasteiger partial charge is 0.407 e. The van der Waals surface area contributed by atoms with Gasteiger partial charge in [-0.1, -0.05) is 208 Å². The Labute approximate surface area is 613 Å². The lowest BCUT2D eigenvalue weighted by Gasteiger charge is -2.33. The van der Waals surface area contributed by atoms with Gasteiger partial charge in [-0.15, -0.1) is 20.4 Å². The molecule has 20 nitrogen and oxygen atoms in total. The van der Waals surface area contributed by atoms with E-state index in [1.54, 1.807) is 0 Å². The van der Waals surface area contributed by atoms with Gasteiger partial charge in [0.25, 0.3) is 0 Å². The van der Waals surface area contributed by atoms with Gasteiger partial charge in [-0.25, -0.2) is 9.59 Å². The Morgan fingerprint density at radius 2 is 1.01 bits per heavy atom. The maximum atomic E-state index is 12.5. The molecule has 20 heteroatoms. The molecule has 8 aromatic rings. The molecule has 0 radical (unpaired) electrons. The van der Waals surface area contributed by atoms with Gasteiger partial charge < -0.3 is 43.0 Å². The fraction of sp³-hybridized carbons (Fsp3) is 0.381. The van der Waals surface area contributed by atoms with E-state index in [1.807, 2.05) is 122 Å². The van der Waals surface area contributed by atoms with E-state index < -0.39 is 0 Å². The molecular formula is C84H102N16O4. The Balaban J connectivity index is 0.000000143. The maximum absolute atomic E-state index is 12.5. The van der Waals surface area contributed by atoms with E-state index in [0.717, 1.165) is 143 Å². The molecule has 2 amide bonds. The average molecular weight is 1400 g/mol. The van der Waals surface area contributed by atoms with Gasteiger partial charge in [0.1, 0.15) is 12.2 Å². The second-order valence-electron chi connectivity index (χ2n) is 27.0. The first kappa shape index (κ1) is 76.5. The van der Waals surface area contributed by atoms with Crippen molar-refractivity contribution in [2.75, 3.05) is 0 Å². The number of aryl methyl sites for hydroxylation is 1. The zero-order chi connectivity index (χ0) is 72.2. The zero-order valence-corrected chi connectivity index (χ0v) is 59.9. The Bertz CT molecular complexity index is 4080. The second kappa shape index (κ2) is 42.5. The number of nitrogens with one attached hydrogen (secondary N) is 2. The number of benzene rings is 6. The summed E-state index contributed by atoms with van der Waals surface area (Å²) in [4.78, 5) is 24.2. The molecule has 0 saturated heterocycles. The van der Waals surface area contributed by atoms with E-state index in [-0.39, 0.29) is 30.3 Å². The van der Waals surface area contributed by atoms with Crippen LogP contribution in [0.3, 0.4) is 0 Å². The van der Waals surface area contributed by atoms with Crippen molar-refractivity contribution >= 4 is 36.0 Å². The monoisotopic (exact) mass is 1400 g/mol. The van der Waals surface area contributed by atoms with Gasteiger partial charge >= 0.3 is 12.2 Å². The number of hydrogen-bond acceptors (Lipinski definition) is 18. The highest BCUT2D eigenvalue weighted by molar-refractivity contribution is 6.15. The van der Waals surface area contributed by atoms with Crippen LogP contribution in [0.4, 0.5) is 9.59 Å². The van der Waals surface area contributed by atoms with Crippen LogP contribution in [0.1, 0.15) is 178 Å². The SMILES string of the molecule is NCc1ccc(-c2nncc3c2CCCCCC3)cc1.NCc1ccc(-c2nncnn2)cc1.NCc1ccc(C2=NN=CC3CCCCC(OC(=O)NCc4ccccc4)CC23)cc1.NCc1ccc(C2=NN=CC3CCCCCC=C23)cc1.O=C(NCc1ccccc1)OC1/C=C/CCCCC1. The van der Waals surface area contributed by atoms with Gasteiger partial charge in [-0.05, 0) is 158 Å². The van der Waals surface area contributed by atoms with Crippen molar-refractivity contribution in [3.05, 3.63) is 250 Å². The van der Waals surface area contributed by atoms with E-state index >= 15 is 0 Å². The fourth-order valence-corrected chi connectivity index (χ4v) is 13.6. The second-order valence-corrected chi connectivity index (χ2v) is 27.0. The third-order valence-electron chi connectivity index (χ3n) is 19.5. The van der Waals surface area contributed by atoms with E-state index in [4.69, 9.17) is 32.4 Å². The summed E-state index contributed by atoms with van der Waals surface area (Å²) in [6.07, 6.45) is 37.0. The Morgan fingerprint density at radius 1 is 0.471 bits per heavy atom. The zero-order valence-electron chi connectivity index (χ0n) is 59.9. The summed E-state index contributed by atoms with van der Waals surface area (Å²) in [5, 5.41) is 46.7. The number of fused-ring (bicyclic) bond motifs is 3. The molecule has 14 rings (SSSR count). The van der Waals surface area contributed by atoms with Crippen molar-refractivity contribution in [3.63, 3.8) is 0 Å². The van der Waals surface area contributed by atoms with Gasteiger partial charge in [0.15, 0.2) is 6.33 Å². The van der Waals surface area contributed by atoms with Crippen LogP contribution in [-0.2, 0) is 61.6 Å². The van der Waals surface area contributed by atoms with Crippen molar-refractivity contribution < 1.29 is 19.1 Å². The minimum absolute atomic E-state index is 0.0731. The normalized spacial score (nSPS) is 19.3. The van der Waals surface area contributed by atoms with Crippen molar-refractivity contribution in [3.8, 4) is 22.6 Å². The summed E-state index contributed by atoms with van der Waals surface area (Å²) < 4.78 is 11.3. The summed E-state index contributed by atoms with van der Waals surface area (Å²) in [5.41, 5.74) is 40.6. The molecule has 0 bridgehead atoms. The Kier molecular flexibility index (Phi) is 31.2. The number of rotatable bonds is 14. The van der Waals surface area contributed by atoms with Crippen LogP contribution in [0.2, 0.25) is 0 Å². The quantitative estimate of drug-likeness (QED) is 0.0552. The van der Waals surface area contributed by atoms with Crippen molar-refractivity contribution in [1.29, 1.82) is 0 Å². The van der Waals surface area contributed by atoms with Crippen molar-refractivity contribution in [2.24, 2.45) is 61.1 Å².